The number of fused-ring (bicyclic) bond motifs is 1. The normalized spacial score (nSPS) is 16.6. The second kappa shape index (κ2) is 5.44. The second-order valence-electron chi connectivity index (χ2n) is 6.39. The molecule has 0 spiro atoms. The highest BCUT2D eigenvalue weighted by Gasteiger charge is 2.40. The van der Waals surface area contributed by atoms with Crippen LogP contribution in [0.4, 0.5) is 19.0 Å². The van der Waals surface area contributed by atoms with Crippen LogP contribution in [0.1, 0.15) is 36.1 Å². The summed E-state index contributed by atoms with van der Waals surface area (Å²) in [5.41, 5.74) is 0.611. The van der Waals surface area contributed by atoms with Crippen LogP contribution in [-0.4, -0.2) is 19.6 Å². The van der Waals surface area contributed by atoms with E-state index < -0.39 is 17.3 Å². The molecule has 1 N–H and O–H groups in total. The lowest BCUT2D eigenvalue weighted by molar-refractivity contribution is -0.137. The van der Waals surface area contributed by atoms with Crippen LogP contribution in [0.2, 0.25) is 0 Å². The zero-order valence-corrected chi connectivity index (χ0v) is 13.5. The van der Waals surface area contributed by atoms with Crippen molar-refractivity contribution in [3.63, 3.8) is 0 Å². The van der Waals surface area contributed by atoms with Crippen LogP contribution in [0, 0.1) is 6.92 Å². The minimum Gasteiger partial charge on any atom is -0.360 e. The first kappa shape index (κ1) is 15.9. The number of rotatable bonds is 3. The van der Waals surface area contributed by atoms with Gasteiger partial charge in [0.1, 0.15) is 12.1 Å². The Kier molecular flexibility index (Phi) is 3.45. The van der Waals surface area contributed by atoms with Crippen LogP contribution in [0.5, 0.6) is 0 Å². The van der Waals surface area contributed by atoms with E-state index >= 15 is 0 Å². The van der Waals surface area contributed by atoms with Crippen LogP contribution in [-0.2, 0) is 11.7 Å². The van der Waals surface area contributed by atoms with Crippen molar-refractivity contribution in [2.45, 2.75) is 37.9 Å². The topological polar surface area (TPSA) is 55.1 Å². The average molecular weight is 347 g/mol. The Labute approximate surface area is 141 Å². The van der Waals surface area contributed by atoms with E-state index in [4.69, 9.17) is 0 Å². The number of nitrogens with zero attached hydrogens (tertiary/aromatic N) is 4. The molecule has 3 aromatic rings. The van der Waals surface area contributed by atoms with Gasteiger partial charge in [-0.15, -0.1) is 0 Å². The van der Waals surface area contributed by atoms with E-state index in [1.54, 1.807) is 16.6 Å². The molecule has 0 bridgehead atoms. The van der Waals surface area contributed by atoms with Gasteiger partial charge in [0, 0.05) is 11.8 Å². The number of halogens is 3. The van der Waals surface area contributed by atoms with Crippen molar-refractivity contribution in [3.05, 3.63) is 53.5 Å². The molecule has 1 aliphatic rings. The molecule has 1 fully saturated rings. The fourth-order valence-electron chi connectivity index (χ4n) is 3.26. The highest BCUT2D eigenvalue weighted by Crippen LogP contribution is 2.44. The van der Waals surface area contributed by atoms with Crippen LogP contribution in [0.3, 0.4) is 0 Å². The van der Waals surface area contributed by atoms with Gasteiger partial charge in [-0.05, 0) is 43.9 Å². The highest BCUT2D eigenvalue weighted by molar-refractivity contribution is 5.49. The first-order chi connectivity index (χ1) is 11.9. The predicted molar refractivity (Wildman–Crippen MR) is 86.1 cm³/mol. The van der Waals surface area contributed by atoms with Gasteiger partial charge in [0.05, 0.1) is 11.1 Å². The van der Waals surface area contributed by atoms with Gasteiger partial charge in [0.25, 0.3) is 5.78 Å². The summed E-state index contributed by atoms with van der Waals surface area (Å²) >= 11 is 0. The molecule has 130 valence electrons. The maximum atomic E-state index is 12.8. The third kappa shape index (κ3) is 2.71. The zero-order chi connectivity index (χ0) is 17.7. The smallest absolute Gasteiger partial charge is 0.360 e. The maximum absolute atomic E-state index is 12.8. The lowest BCUT2D eigenvalue weighted by Crippen LogP contribution is -2.42. The standard InChI is InChI=1S/C17H16F3N5/c1-11-9-14(25-15(23-11)21-10-22-25)24-16(7-2-8-16)12-3-5-13(6-4-12)17(18,19)20/h3-6,9-10,24H,2,7-8H2,1H3. The van der Waals surface area contributed by atoms with Gasteiger partial charge in [0.15, 0.2) is 0 Å². The number of anilines is 1. The minimum atomic E-state index is -4.33. The van der Waals surface area contributed by atoms with E-state index in [9.17, 15) is 13.2 Å². The maximum Gasteiger partial charge on any atom is 0.416 e. The van der Waals surface area contributed by atoms with Gasteiger partial charge in [-0.25, -0.2) is 4.98 Å². The molecule has 0 amide bonds. The van der Waals surface area contributed by atoms with E-state index in [2.05, 4.69) is 20.4 Å². The molecule has 0 atom stereocenters. The predicted octanol–water partition coefficient (Wildman–Crippen LogP) is 3.94. The number of alkyl halides is 3. The largest absolute Gasteiger partial charge is 0.416 e. The summed E-state index contributed by atoms with van der Waals surface area (Å²) in [5, 5.41) is 7.65. The van der Waals surface area contributed by atoms with Crippen molar-refractivity contribution >= 4 is 11.6 Å². The Balaban J connectivity index is 1.70. The molecule has 5 nitrogen and oxygen atoms in total. The summed E-state index contributed by atoms with van der Waals surface area (Å²) in [6.07, 6.45) is -0.198. The molecule has 1 aromatic carbocycles. The molecule has 2 heterocycles. The molecule has 4 rings (SSSR count). The third-order valence-corrected chi connectivity index (χ3v) is 4.72. The van der Waals surface area contributed by atoms with Crippen molar-refractivity contribution in [1.82, 2.24) is 19.6 Å². The third-order valence-electron chi connectivity index (χ3n) is 4.72. The summed E-state index contributed by atoms with van der Waals surface area (Å²) in [5.74, 6) is 1.23. The molecular weight excluding hydrogens is 331 g/mol. The van der Waals surface area contributed by atoms with E-state index in [-0.39, 0.29) is 0 Å². The average Bonchev–Trinajstić information content (AvgIpc) is 2.98. The summed E-state index contributed by atoms with van der Waals surface area (Å²) in [7, 11) is 0. The molecule has 0 saturated heterocycles. The van der Waals surface area contributed by atoms with E-state index in [1.807, 2.05) is 13.0 Å². The molecule has 8 heteroatoms. The quantitative estimate of drug-likeness (QED) is 0.780. The number of hydrogen-bond donors (Lipinski definition) is 1. The molecule has 0 aliphatic heterocycles. The molecule has 1 aliphatic carbocycles. The van der Waals surface area contributed by atoms with Gasteiger partial charge >= 0.3 is 6.18 Å². The summed E-state index contributed by atoms with van der Waals surface area (Å²) in [6, 6.07) is 7.26. The fraction of sp³-hybridized carbons (Fsp3) is 0.353. The fourth-order valence-corrected chi connectivity index (χ4v) is 3.26. The van der Waals surface area contributed by atoms with Crippen LogP contribution >= 0.6 is 0 Å². The van der Waals surface area contributed by atoms with Gasteiger partial charge < -0.3 is 5.32 Å². The lowest BCUT2D eigenvalue weighted by atomic mass is 9.71. The Hall–Kier alpha value is -2.64. The van der Waals surface area contributed by atoms with Crippen molar-refractivity contribution in [3.8, 4) is 0 Å². The van der Waals surface area contributed by atoms with E-state index in [1.165, 1.54) is 6.33 Å². The minimum absolute atomic E-state index is 0.392. The number of aryl methyl sites for hydroxylation is 1. The molecule has 0 radical (unpaired) electrons. The molecular formula is C17H16F3N5. The van der Waals surface area contributed by atoms with Crippen molar-refractivity contribution in [1.29, 1.82) is 0 Å². The monoisotopic (exact) mass is 347 g/mol. The SMILES string of the molecule is Cc1cc(NC2(c3ccc(C(F)(F)F)cc3)CCC2)n2ncnc2n1. The first-order valence-electron chi connectivity index (χ1n) is 8.01. The Morgan fingerprint density at radius 2 is 1.88 bits per heavy atom. The van der Waals surface area contributed by atoms with Crippen LogP contribution < -0.4 is 5.32 Å². The van der Waals surface area contributed by atoms with Crippen LogP contribution in [0.15, 0.2) is 36.7 Å². The second-order valence-corrected chi connectivity index (χ2v) is 6.39. The van der Waals surface area contributed by atoms with Gasteiger partial charge in [-0.1, -0.05) is 12.1 Å². The van der Waals surface area contributed by atoms with Crippen molar-refractivity contribution < 1.29 is 13.2 Å². The van der Waals surface area contributed by atoms with Crippen molar-refractivity contribution in [2.24, 2.45) is 0 Å². The lowest BCUT2D eigenvalue weighted by Gasteiger charge is -2.44. The number of aromatic nitrogens is 4. The van der Waals surface area contributed by atoms with Crippen molar-refractivity contribution in [2.75, 3.05) is 5.32 Å². The number of nitrogens with one attached hydrogen (secondary N) is 1. The number of benzene rings is 1. The van der Waals surface area contributed by atoms with E-state index in [0.29, 0.717) is 5.78 Å². The molecule has 25 heavy (non-hydrogen) atoms. The van der Waals surface area contributed by atoms with E-state index in [0.717, 1.165) is 48.5 Å². The summed E-state index contributed by atoms with van der Waals surface area (Å²) < 4.78 is 40.0. The molecule has 1 saturated carbocycles. The van der Waals surface area contributed by atoms with Gasteiger partial charge in [-0.3, -0.25) is 0 Å². The Morgan fingerprint density at radius 1 is 1.16 bits per heavy atom. The van der Waals surface area contributed by atoms with Gasteiger partial charge in [-0.2, -0.15) is 27.8 Å². The number of hydrogen-bond acceptors (Lipinski definition) is 4. The molecule has 2 aromatic heterocycles. The van der Waals surface area contributed by atoms with Crippen LogP contribution in [0.25, 0.3) is 5.78 Å². The first-order valence-corrected chi connectivity index (χ1v) is 8.01. The highest BCUT2D eigenvalue weighted by atomic mass is 19.4. The zero-order valence-electron chi connectivity index (χ0n) is 13.5. The summed E-state index contributed by atoms with van der Waals surface area (Å²) in [4.78, 5) is 8.41. The Bertz CT molecular complexity index is 910. The molecule has 0 unspecified atom stereocenters. The summed E-state index contributed by atoms with van der Waals surface area (Å²) in [6.45, 7) is 1.87. The Morgan fingerprint density at radius 3 is 2.48 bits per heavy atom. The van der Waals surface area contributed by atoms with Gasteiger partial charge in [0.2, 0.25) is 0 Å².